The van der Waals surface area contributed by atoms with E-state index in [1.807, 2.05) is 7.05 Å². The summed E-state index contributed by atoms with van der Waals surface area (Å²) in [4.78, 5) is 13.5. The summed E-state index contributed by atoms with van der Waals surface area (Å²) in [5, 5.41) is 5.54. The summed E-state index contributed by atoms with van der Waals surface area (Å²) < 4.78 is 0. The fourth-order valence-corrected chi connectivity index (χ4v) is 1.75. The third kappa shape index (κ3) is 0.914. The second kappa shape index (κ2) is 2.48. The zero-order valence-electron chi connectivity index (χ0n) is 7.35. The predicted octanol–water partition coefficient (Wildman–Crippen LogP) is 0.252. The van der Waals surface area contributed by atoms with Gasteiger partial charge in [0.15, 0.2) is 0 Å². The van der Waals surface area contributed by atoms with Gasteiger partial charge in [-0.15, -0.1) is 0 Å². The quantitative estimate of drug-likeness (QED) is 0.582. The largest absolute Gasteiger partial charge is 0.302 e. The van der Waals surface area contributed by atoms with Crippen LogP contribution in [0.2, 0.25) is 0 Å². The van der Waals surface area contributed by atoms with Gasteiger partial charge in [-0.05, 0) is 14.0 Å². The second-order valence-electron chi connectivity index (χ2n) is 3.38. The van der Waals surface area contributed by atoms with Crippen LogP contribution in [0.5, 0.6) is 0 Å². The molecule has 1 atom stereocenters. The number of aromatic amines is 2. The molecule has 1 unspecified atom stereocenters. The monoisotopic (exact) mass is 167 g/mol. The molecule has 0 aromatic carbocycles. The highest BCUT2D eigenvalue weighted by atomic mass is 16.1. The average molecular weight is 167 g/mol. The number of fused-ring (bicyclic) bond motifs is 1. The SMILES string of the molecule is CC1c2c([nH][nH]c2=O)CCN1C. The predicted molar refractivity (Wildman–Crippen MR) is 46.2 cm³/mol. The van der Waals surface area contributed by atoms with Crippen LogP contribution in [-0.4, -0.2) is 28.7 Å². The van der Waals surface area contributed by atoms with Crippen molar-refractivity contribution < 1.29 is 0 Å². The Morgan fingerprint density at radius 3 is 3.00 bits per heavy atom. The lowest BCUT2D eigenvalue weighted by Gasteiger charge is -2.28. The van der Waals surface area contributed by atoms with Gasteiger partial charge < -0.3 is 5.10 Å². The number of nitrogens with one attached hydrogen (secondary N) is 2. The van der Waals surface area contributed by atoms with E-state index in [9.17, 15) is 4.79 Å². The molecule has 0 radical (unpaired) electrons. The van der Waals surface area contributed by atoms with Crippen LogP contribution in [0.25, 0.3) is 0 Å². The van der Waals surface area contributed by atoms with E-state index in [0.717, 1.165) is 24.2 Å². The van der Waals surface area contributed by atoms with E-state index in [4.69, 9.17) is 0 Å². The van der Waals surface area contributed by atoms with Crippen molar-refractivity contribution in [2.75, 3.05) is 13.6 Å². The lowest BCUT2D eigenvalue weighted by Crippen LogP contribution is -2.32. The van der Waals surface area contributed by atoms with Gasteiger partial charge in [-0.25, -0.2) is 0 Å². The van der Waals surface area contributed by atoms with E-state index >= 15 is 0 Å². The van der Waals surface area contributed by atoms with E-state index in [2.05, 4.69) is 22.0 Å². The highest BCUT2D eigenvalue weighted by Crippen LogP contribution is 2.22. The van der Waals surface area contributed by atoms with Crippen molar-refractivity contribution in [3.8, 4) is 0 Å². The first-order chi connectivity index (χ1) is 5.70. The molecule has 0 aliphatic carbocycles. The Balaban J connectivity index is 2.53. The lowest BCUT2D eigenvalue weighted by atomic mass is 10.0. The molecule has 2 rings (SSSR count). The van der Waals surface area contributed by atoms with Gasteiger partial charge in [-0.2, -0.15) is 0 Å². The zero-order chi connectivity index (χ0) is 8.72. The van der Waals surface area contributed by atoms with Crippen LogP contribution in [0.4, 0.5) is 0 Å². The van der Waals surface area contributed by atoms with Crippen molar-refractivity contribution in [2.45, 2.75) is 19.4 Å². The van der Waals surface area contributed by atoms with Crippen LogP contribution in [0.15, 0.2) is 4.79 Å². The number of rotatable bonds is 0. The maximum atomic E-state index is 11.3. The van der Waals surface area contributed by atoms with Gasteiger partial charge in [-0.3, -0.25) is 14.8 Å². The summed E-state index contributed by atoms with van der Waals surface area (Å²) in [7, 11) is 2.04. The van der Waals surface area contributed by atoms with Gasteiger partial charge >= 0.3 is 0 Å². The minimum Gasteiger partial charge on any atom is -0.302 e. The Labute approximate surface area is 70.6 Å². The standard InChI is InChI=1S/C8H13N3O/c1-5-7-6(3-4-11(5)2)9-10-8(7)12/h5H,3-4H2,1-2H3,(H2,9,10,12). The Hall–Kier alpha value is -1.03. The molecule has 4 heteroatoms. The topological polar surface area (TPSA) is 51.9 Å². The first-order valence-electron chi connectivity index (χ1n) is 4.20. The summed E-state index contributed by atoms with van der Waals surface area (Å²) >= 11 is 0. The number of hydrogen-bond donors (Lipinski definition) is 2. The van der Waals surface area contributed by atoms with E-state index in [0.29, 0.717) is 0 Å². The summed E-state index contributed by atoms with van der Waals surface area (Å²) in [6.45, 7) is 3.07. The molecule has 0 bridgehead atoms. The highest BCUT2D eigenvalue weighted by Gasteiger charge is 2.24. The Kier molecular flexibility index (Phi) is 1.58. The minimum absolute atomic E-state index is 0.0315. The summed E-state index contributed by atoms with van der Waals surface area (Å²) in [5.41, 5.74) is 2.01. The summed E-state index contributed by atoms with van der Waals surface area (Å²) in [5.74, 6) is 0. The molecule has 1 aromatic heterocycles. The normalized spacial score (nSPS) is 24.0. The van der Waals surface area contributed by atoms with Crippen LogP contribution >= 0.6 is 0 Å². The molecule has 1 aliphatic heterocycles. The second-order valence-corrected chi connectivity index (χ2v) is 3.38. The van der Waals surface area contributed by atoms with Gasteiger partial charge in [0.05, 0.1) is 5.56 Å². The Bertz CT molecular complexity index is 338. The average Bonchev–Trinajstić information content (AvgIpc) is 2.41. The van der Waals surface area contributed by atoms with E-state index in [-0.39, 0.29) is 11.6 Å². The fourth-order valence-electron chi connectivity index (χ4n) is 1.75. The first-order valence-corrected chi connectivity index (χ1v) is 4.20. The van der Waals surface area contributed by atoms with E-state index in [1.165, 1.54) is 0 Å². The maximum Gasteiger partial charge on any atom is 0.268 e. The van der Waals surface area contributed by atoms with Gasteiger partial charge in [0.25, 0.3) is 5.56 Å². The lowest BCUT2D eigenvalue weighted by molar-refractivity contribution is 0.246. The molecular formula is C8H13N3O. The third-order valence-electron chi connectivity index (χ3n) is 2.69. The van der Waals surface area contributed by atoms with Gasteiger partial charge in [-0.1, -0.05) is 0 Å². The molecule has 1 aromatic rings. The van der Waals surface area contributed by atoms with Crippen molar-refractivity contribution in [2.24, 2.45) is 0 Å². The van der Waals surface area contributed by atoms with Crippen LogP contribution in [-0.2, 0) is 6.42 Å². The van der Waals surface area contributed by atoms with Crippen molar-refractivity contribution in [3.05, 3.63) is 21.6 Å². The molecule has 0 saturated heterocycles. The maximum absolute atomic E-state index is 11.3. The van der Waals surface area contributed by atoms with E-state index < -0.39 is 0 Å². The molecule has 2 N–H and O–H groups in total. The third-order valence-corrected chi connectivity index (χ3v) is 2.69. The van der Waals surface area contributed by atoms with Crippen molar-refractivity contribution in [1.29, 1.82) is 0 Å². The summed E-state index contributed by atoms with van der Waals surface area (Å²) in [6, 6.07) is 0.240. The molecule has 2 heterocycles. The van der Waals surface area contributed by atoms with Crippen LogP contribution in [0.3, 0.4) is 0 Å². The molecule has 12 heavy (non-hydrogen) atoms. The number of likely N-dealkylation sites (N-methyl/N-ethyl adjacent to an activating group) is 1. The minimum atomic E-state index is 0.0315. The molecule has 0 amide bonds. The molecular weight excluding hydrogens is 154 g/mol. The molecule has 0 saturated carbocycles. The number of nitrogens with zero attached hydrogens (tertiary/aromatic N) is 1. The van der Waals surface area contributed by atoms with Crippen molar-refractivity contribution in [1.82, 2.24) is 15.1 Å². The van der Waals surface area contributed by atoms with Crippen LogP contribution < -0.4 is 5.56 Å². The Morgan fingerprint density at radius 2 is 2.25 bits per heavy atom. The smallest absolute Gasteiger partial charge is 0.268 e. The van der Waals surface area contributed by atoms with Crippen molar-refractivity contribution in [3.63, 3.8) is 0 Å². The van der Waals surface area contributed by atoms with Gasteiger partial charge in [0.2, 0.25) is 0 Å². The molecule has 1 aliphatic rings. The van der Waals surface area contributed by atoms with Crippen LogP contribution in [0, 0.1) is 0 Å². The molecule has 4 nitrogen and oxygen atoms in total. The molecule has 66 valence electrons. The fraction of sp³-hybridized carbons (Fsp3) is 0.625. The zero-order valence-corrected chi connectivity index (χ0v) is 7.35. The van der Waals surface area contributed by atoms with Gasteiger partial charge in [0, 0.05) is 24.7 Å². The number of H-pyrrole nitrogens is 2. The number of hydrogen-bond acceptors (Lipinski definition) is 2. The Morgan fingerprint density at radius 1 is 1.50 bits per heavy atom. The van der Waals surface area contributed by atoms with Crippen molar-refractivity contribution >= 4 is 0 Å². The van der Waals surface area contributed by atoms with Gasteiger partial charge in [0.1, 0.15) is 0 Å². The first kappa shape index (κ1) is 7.61. The van der Waals surface area contributed by atoms with E-state index in [1.54, 1.807) is 0 Å². The van der Waals surface area contributed by atoms with Crippen LogP contribution in [0.1, 0.15) is 24.2 Å². The number of aromatic nitrogens is 2. The molecule has 0 fully saturated rings. The molecule has 0 spiro atoms. The summed E-state index contributed by atoms with van der Waals surface area (Å²) in [6.07, 6.45) is 0.939. The highest BCUT2D eigenvalue weighted by molar-refractivity contribution is 5.23.